The van der Waals surface area contributed by atoms with Crippen LogP contribution in [0.2, 0.25) is 0 Å². The highest BCUT2D eigenvalue weighted by atomic mass is 127. The minimum Gasteiger partial charge on any atom is -0.423 e. The third kappa shape index (κ3) is 23.2. The van der Waals surface area contributed by atoms with Crippen LogP contribution in [-0.4, -0.2) is 49.2 Å². The van der Waals surface area contributed by atoms with Gasteiger partial charge in [0, 0.05) is 97.6 Å². The number of nitro benzene ring substituents is 2. The molecule has 0 spiro atoms. The largest absolute Gasteiger partial charge is 0.488 e. The van der Waals surface area contributed by atoms with Gasteiger partial charge < -0.3 is 39.8 Å². The van der Waals surface area contributed by atoms with Gasteiger partial charge in [-0.1, -0.05) is 329 Å². The molecule has 0 bridgehead atoms. The molecule has 20 rings (SSSR count). The Bertz CT molecular complexity index is 7070. The lowest BCUT2D eigenvalue weighted by atomic mass is 9.79. The van der Waals surface area contributed by atoms with Crippen molar-refractivity contribution >= 4 is 243 Å². The van der Waals surface area contributed by atoms with E-state index in [1.165, 1.54) is 70.0 Å². The van der Waals surface area contributed by atoms with Crippen molar-refractivity contribution in [2.45, 2.75) is 0 Å². The summed E-state index contributed by atoms with van der Waals surface area (Å²) in [5.74, 6) is 0. The van der Waals surface area contributed by atoms with Gasteiger partial charge in [-0.25, -0.2) is 0 Å². The van der Waals surface area contributed by atoms with Crippen LogP contribution in [0.3, 0.4) is 0 Å². The Balaban J connectivity index is 0.000000126. The third-order valence-corrected chi connectivity index (χ3v) is 26.2. The van der Waals surface area contributed by atoms with Crippen LogP contribution in [0.5, 0.6) is 0 Å². The second kappa shape index (κ2) is 44.0. The number of halogens is 4. The number of hydrogen-bond acceptors (Lipinski definition) is 11. The summed E-state index contributed by atoms with van der Waals surface area (Å²) in [6, 6.07) is 155. The smallest absolute Gasteiger partial charge is 0.423 e. The summed E-state index contributed by atoms with van der Waals surface area (Å²) in [7, 11) is -3.68. The fraction of sp³-hybridized carbons (Fsp3) is 0. The molecule has 0 aliphatic carbocycles. The van der Waals surface area contributed by atoms with E-state index in [-0.39, 0.29) is 16.8 Å². The van der Waals surface area contributed by atoms with E-state index in [0.29, 0.717) is 20.2 Å². The number of nitrogens with one attached hydrogen (secondary N) is 1. The molecule has 0 aliphatic heterocycles. The Kier molecular flexibility index (Phi) is 30.9. The number of para-hydroxylation sites is 3. The van der Waals surface area contributed by atoms with Crippen LogP contribution in [0.4, 0.5) is 62.6 Å². The number of anilines is 9. The summed E-state index contributed by atoms with van der Waals surface area (Å²) < 4.78 is 3.74. The summed E-state index contributed by atoms with van der Waals surface area (Å²) in [6.45, 7) is 0. The minimum absolute atomic E-state index is 0.0728. The van der Waals surface area contributed by atoms with Crippen molar-refractivity contribution in [3.8, 4) is 11.1 Å². The van der Waals surface area contributed by atoms with E-state index in [4.69, 9.17) is 0 Å². The first kappa shape index (κ1) is 90.6. The van der Waals surface area contributed by atoms with E-state index in [0.717, 1.165) is 81.9 Å². The quantitative estimate of drug-likeness (QED) is 0.0192. The monoisotopic (exact) mass is 2050 g/mol. The fourth-order valence-electron chi connectivity index (χ4n) is 14.9. The average Bonchev–Trinajstić information content (AvgIpc) is 1.69. The predicted octanol–water partition coefficient (Wildman–Crippen LogP) is 27.0. The SMILES string of the molecule is Brc1ccc2c(c1)[nH]c1cc(N(c3ccccc3)c3ccc4ccccc4c3)ccc12.Ic1ccccc1.O=[N+]([O-])c1cc(B(O)O)ccc1-c1ccc(N(c2ccccc2)c2ccc3ccccc3c2)cc1.O=[N+]([O-])c1cc(Br)ccc1I.OB(O)c1ccc(N(c2ccccc2)c2ccc3ccccc3c2)cc1.c1ccc(P(c2ccccc2)c2ccccc2)cc1. The Morgan fingerprint density at radius 3 is 0.984 bits per heavy atom. The zero-order valence-electron chi connectivity index (χ0n) is 69.2. The van der Waals surface area contributed by atoms with Crippen LogP contribution < -0.4 is 41.5 Å². The average molecular weight is 2060 g/mol. The summed E-state index contributed by atoms with van der Waals surface area (Å²) in [5.41, 5.74) is 13.2. The topological polar surface area (TPSA) is 193 Å². The van der Waals surface area contributed by atoms with Gasteiger partial charge in [-0.3, -0.25) is 20.2 Å². The Labute approximate surface area is 793 Å². The molecule has 0 fully saturated rings. The zero-order valence-corrected chi connectivity index (χ0v) is 77.5. The maximum atomic E-state index is 11.7. The molecule has 1 heterocycles. The molecule has 0 radical (unpaired) electrons. The lowest BCUT2D eigenvalue weighted by molar-refractivity contribution is -0.385. The Hall–Kier alpha value is -13.2. The maximum Gasteiger partial charge on any atom is 0.488 e. The summed E-state index contributed by atoms with van der Waals surface area (Å²) in [4.78, 5) is 31.3. The van der Waals surface area contributed by atoms with E-state index in [1.807, 2.05) is 150 Å². The van der Waals surface area contributed by atoms with Gasteiger partial charge in [-0.2, -0.15) is 0 Å². The molecule has 0 saturated carbocycles. The Morgan fingerprint density at radius 2 is 0.597 bits per heavy atom. The van der Waals surface area contributed by atoms with Crippen molar-refractivity contribution in [3.63, 3.8) is 0 Å². The van der Waals surface area contributed by atoms with Crippen LogP contribution in [0.15, 0.2) is 470 Å². The maximum absolute atomic E-state index is 11.7. The number of nitro groups is 2. The van der Waals surface area contributed by atoms with E-state index in [9.17, 15) is 40.3 Å². The molecule has 19 aromatic carbocycles. The van der Waals surface area contributed by atoms with Crippen molar-refractivity contribution in [1.82, 2.24) is 4.98 Å². The summed E-state index contributed by atoms with van der Waals surface area (Å²) in [5, 5.41) is 73.3. The fourth-order valence-corrected chi connectivity index (χ4v) is 18.9. The lowest BCUT2D eigenvalue weighted by Crippen LogP contribution is -2.29. The molecular formula is C108H81B2Br2I2N6O8P. The van der Waals surface area contributed by atoms with Gasteiger partial charge in [0.1, 0.15) is 0 Å². The number of hydrogen-bond donors (Lipinski definition) is 5. The van der Waals surface area contributed by atoms with Crippen LogP contribution in [-0.2, 0) is 0 Å². The van der Waals surface area contributed by atoms with Crippen molar-refractivity contribution < 1.29 is 29.9 Å². The number of aromatic amines is 1. The number of nitrogens with zero attached hydrogens (tertiary/aromatic N) is 5. The first-order chi connectivity index (χ1) is 62.9. The minimum atomic E-state index is -1.77. The molecular weight excluding hydrogens is 1980 g/mol. The van der Waals surface area contributed by atoms with Gasteiger partial charge in [-0.15, -0.1) is 0 Å². The molecule has 20 aromatic rings. The van der Waals surface area contributed by atoms with Gasteiger partial charge in [-0.05, 0) is 269 Å². The summed E-state index contributed by atoms with van der Waals surface area (Å²) in [6.07, 6.45) is 0. The highest BCUT2D eigenvalue weighted by molar-refractivity contribution is 14.1. The second-order valence-electron chi connectivity index (χ2n) is 29.6. The molecule has 0 amide bonds. The molecule has 0 aliphatic rings. The van der Waals surface area contributed by atoms with Crippen LogP contribution >= 0.6 is 85.0 Å². The van der Waals surface area contributed by atoms with Crippen molar-refractivity contribution in [1.29, 1.82) is 0 Å². The molecule has 129 heavy (non-hydrogen) atoms. The third-order valence-electron chi connectivity index (χ3n) is 21.1. The van der Waals surface area contributed by atoms with Gasteiger partial charge in [0.2, 0.25) is 0 Å². The highest BCUT2D eigenvalue weighted by Gasteiger charge is 2.24. The van der Waals surface area contributed by atoms with E-state index >= 15 is 0 Å². The van der Waals surface area contributed by atoms with Gasteiger partial charge in [0.25, 0.3) is 11.4 Å². The van der Waals surface area contributed by atoms with E-state index in [1.54, 1.807) is 30.3 Å². The standard InChI is InChI=1S/C28H21BN2O4.C28H19BrN2.C22H18BNO2.C18H15P.C6H3BrINO2.C6H5I/c32-29(33)23-13-17-27(28(19-23)31(34)35)21-11-14-25(15-12-21)30(24-8-2-1-3-9-24)26-16-10-20-6-4-5-7-22(20)18-26;29-21-11-14-25-26-15-13-24(18-28(26)30-27(25)17-21)31(22-8-2-1-3-9-22)23-12-10-19-6-4-5-7-20(19)16-23;25-23(26)19-11-14-21(15-12-19)24(20-8-2-1-3-9-20)22-13-10-17-6-4-5-7-18(17)16-22;1-4-10-16(11-5-1)19(17-12-6-2-7-13-17)18-14-8-3-9-15-18;7-4-1-2-5(8)6(3-4)9(10)11;7-6-4-2-1-3-5-6/h1-19,32-33H;1-18,30H;1-16,25-26H;1-15H;1-3H;1-5H. The number of rotatable bonds is 17. The second-order valence-corrected chi connectivity index (χ2v) is 36.0. The number of fused-ring (bicyclic) bond motifs is 6. The number of H-pyrrole nitrogens is 1. The molecule has 21 heteroatoms. The van der Waals surface area contributed by atoms with Gasteiger partial charge in [0.05, 0.1) is 19.0 Å². The first-order valence-corrected chi connectivity index (χ1v) is 46.2. The van der Waals surface area contributed by atoms with E-state index in [2.05, 4.69) is 359 Å². The van der Waals surface area contributed by atoms with Crippen LogP contribution in [0.1, 0.15) is 0 Å². The summed E-state index contributed by atoms with van der Waals surface area (Å²) >= 11 is 10.9. The van der Waals surface area contributed by atoms with Crippen molar-refractivity contribution in [2.24, 2.45) is 0 Å². The molecule has 0 unspecified atom stereocenters. The predicted molar refractivity (Wildman–Crippen MR) is 563 cm³/mol. The van der Waals surface area contributed by atoms with E-state index < -0.39 is 32.0 Å². The van der Waals surface area contributed by atoms with Crippen LogP contribution in [0.25, 0.3) is 65.3 Å². The first-order valence-electron chi connectivity index (χ1n) is 41.1. The van der Waals surface area contributed by atoms with Gasteiger partial charge >= 0.3 is 14.2 Å². The molecule has 14 nitrogen and oxygen atoms in total. The molecule has 630 valence electrons. The molecule has 0 saturated heterocycles. The van der Waals surface area contributed by atoms with Crippen LogP contribution in [0, 0.1) is 27.4 Å². The Morgan fingerprint density at radius 1 is 0.287 bits per heavy atom. The van der Waals surface area contributed by atoms with Crippen molar-refractivity contribution in [3.05, 3.63) is 497 Å². The number of aromatic nitrogens is 1. The molecule has 5 N–H and O–H groups in total. The zero-order chi connectivity index (χ0) is 89.5. The highest BCUT2D eigenvalue weighted by Crippen LogP contribution is 2.43. The lowest BCUT2D eigenvalue weighted by Gasteiger charge is -2.26. The number of benzene rings is 19. The van der Waals surface area contributed by atoms with Crippen molar-refractivity contribution in [2.75, 3.05) is 14.7 Å². The normalized spacial score (nSPS) is 10.7. The molecule has 0 atom stereocenters. The molecule has 1 aromatic heterocycles. The van der Waals surface area contributed by atoms with Gasteiger partial charge in [0.15, 0.2) is 0 Å².